The maximum atomic E-state index is 13.0. The predicted octanol–water partition coefficient (Wildman–Crippen LogP) is 2.76. The fraction of sp³-hybridized carbons (Fsp3) is 0.357. The molecule has 0 aromatic heterocycles. The molecule has 2 unspecified atom stereocenters. The van der Waals surface area contributed by atoms with Crippen molar-refractivity contribution in [3.8, 4) is 0 Å². The zero-order chi connectivity index (χ0) is 13.7. The molecule has 0 saturated heterocycles. The molecular formula is C14H17FO3. The molecule has 0 aliphatic rings. The minimum atomic E-state index is -1.25. The highest BCUT2D eigenvalue weighted by molar-refractivity contribution is 5.89. The second-order valence-electron chi connectivity index (χ2n) is 4.11. The number of aliphatic hydroxyl groups excluding tert-OH is 1. The van der Waals surface area contributed by atoms with Gasteiger partial charge < -0.3 is 9.84 Å². The zero-order valence-electron chi connectivity index (χ0n) is 10.5. The second kappa shape index (κ2) is 6.31. The van der Waals surface area contributed by atoms with Crippen LogP contribution in [0, 0.1) is 5.82 Å². The molecule has 1 rings (SSSR count). The fourth-order valence-corrected chi connectivity index (χ4v) is 1.33. The minimum absolute atomic E-state index is 0.0964. The van der Waals surface area contributed by atoms with Crippen molar-refractivity contribution in [2.75, 3.05) is 0 Å². The molecule has 2 atom stereocenters. The van der Waals surface area contributed by atoms with Crippen LogP contribution in [0.1, 0.15) is 31.9 Å². The van der Waals surface area contributed by atoms with Crippen LogP contribution in [0.4, 0.5) is 4.39 Å². The zero-order valence-corrected chi connectivity index (χ0v) is 10.5. The third-order valence-corrected chi connectivity index (χ3v) is 2.64. The van der Waals surface area contributed by atoms with Gasteiger partial charge in [-0.05, 0) is 31.0 Å². The van der Waals surface area contributed by atoms with Crippen LogP contribution >= 0.6 is 0 Å². The van der Waals surface area contributed by atoms with E-state index in [4.69, 9.17) is 4.74 Å². The number of carbonyl (C=O) groups excluding carboxylic acids is 1. The highest BCUT2D eigenvalue weighted by Gasteiger charge is 2.21. The van der Waals surface area contributed by atoms with Crippen LogP contribution < -0.4 is 0 Å². The van der Waals surface area contributed by atoms with E-state index in [1.54, 1.807) is 6.92 Å². The van der Waals surface area contributed by atoms with Crippen LogP contribution in [0.3, 0.4) is 0 Å². The molecule has 4 heteroatoms. The summed E-state index contributed by atoms with van der Waals surface area (Å²) in [5.41, 5.74) is 0.182. The number of rotatable bonds is 5. The Hall–Kier alpha value is -1.68. The van der Waals surface area contributed by atoms with Gasteiger partial charge in [0, 0.05) is 0 Å². The van der Waals surface area contributed by atoms with Gasteiger partial charge in [0.25, 0.3) is 0 Å². The van der Waals surface area contributed by atoms with Crippen LogP contribution in [-0.4, -0.2) is 17.2 Å². The summed E-state index contributed by atoms with van der Waals surface area (Å²) < 4.78 is 18.0. The number of hydrogen-bond acceptors (Lipinski definition) is 3. The van der Waals surface area contributed by atoms with Crippen LogP contribution in [0.2, 0.25) is 0 Å². The van der Waals surface area contributed by atoms with Gasteiger partial charge in [-0.25, -0.2) is 9.18 Å². The molecule has 0 spiro atoms. The van der Waals surface area contributed by atoms with Crippen molar-refractivity contribution < 1.29 is 19.0 Å². The smallest absolute Gasteiger partial charge is 0.336 e. The lowest BCUT2D eigenvalue weighted by Gasteiger charge is -2.16. The number of benzene rings is 1. The number of aliphatic hydroxyl groups is 1. The molecule has 0 radical (unpaired) electrons. The van der Waals surface area contributed by atoms with Gasteiger partial charge in [0.05, 0.1) is 11.7 Å². The standard InChI is InChI=1S/C14H17FO3/c1-4-9(2)18-14(17)10(3)13(16)11-6-5-7-12(15)8-11/h5-9,13,16H,3-4H2,1-2H3. The molecule has 0 amide bonds. The van der Waals surface area contributed by atoms with E-state index in [2.05, 4.69) is 6.58 Å². The van der Waals surface area contributed by atoms with E-state index in [9.17, 15) is 14.3 Å². The van der Waals surface area contributed by atoms with Gasteiger partial charge in [-0.15, -0.1) is 0 Å². The summed E-state index contributed by atoms with van der Waals surface area (Å²) in [5, 5.41) is 9.90. The van der Waals surface area contributed by atoms with E-state index in [1.807, 2.05) is 6.92 Å². The highest BCUT2D eigenvalue weighted by Crippen LogP contribution is 2.22. The molecule has 0 heterocycles. The Morgan fingerprint density at radius 2 is 2.22 bits per heavy atom. The monoisotopic (exact) mass is 252 g/mol. The minimum Gasteiger partial charge on any atom is -0.459 e. The first-order valence-electron chi connectivity index (χ1n) is 5.79. The number of halogens is 1. The molecule has 0 aliphatic heterocycles. The predicted molar refractivity (Wildman–Crippen MR) is 66.3 cm³/mol. The fourth-order valence-electron chi connectivity index (χ4n) is 1.33. The van der Waals surface area contributed by atoms with Crippen molar-refractivity contribution in [1.29, 1.82) is 0 Å². The van der Waals surface area contributed by atoms with Crippen molar-refractivity contribution in [3.05, 3.63) is 47.8 Å². The Labute approximate surface area is 106 Å². The first-order chi connectivity index (χ1) is 8.45. The third-order valence-electron chi connectivity index (χ3n) is 2.64. The van der Waals surface area contributed by atoms with E-state index in [-0.39, 0.29) is 17.2 Å². The molecule has 0 aliphatic carbocycles. The molecule has 1 aromatic carbocycles. The lowest BCUT2D eigenvalue weighted by atomic mass is 10.0. The number of hydrogen-bond donors (Lipinski definition) is 1. The number of esters is 1. The lowest BCUT2D eigenvalue weighted by Crippen LogP contribution is -2.19. The van der Waals surface area contributed by atoms with Crippen LogP contribution in [0.15, 0.2) is 36.4 Å². The van der Waals surface area contributed by atoms with Crippen molar-refractivity contribution in [2.24, 2.45) is 0 Å². The molecule has 0 bridgehead atoms. The van der Waals surface area contributed by atoms with Crippen LogP contribution in [0.25, 0.3) is 0 Å². The first-order valence-corrected chi connectivity index (χ1v) is 5.79. The summed E-state index contributed by atoms with van der Waals surface area (Å²) in [6.07, 6.45) is -0.819. The molecule has 1 N–H and O–H groups in total. The second-order valence-corrected chi connectivity index (χ2v) is 4.11. The number of ether oxygens (including phenoxy) is 1. The van der Waals surface area contributed by atoms with Gasteiger partial charge in [0.2, 0.25) is 0 Å². The van der Waals surface area contributed by atoms with Crippen molar-refractivity contribution >= 4 is 5.97 Å². The summed E-state index contributed by atoms with van der Waals surface area (Å²) in [7, 11) is 0. The van der Waals surface area contributed by atoms with Gasteiger partial charge in [-0.1, -0.05) is 25.6 Å². The van der Waals surface area contributed by atoms with Gasteiger partial charge in [0.15, 0.2) is 0 Å². The van der Waals surface area contributed by atoms with Gasteiger partial charge in [-0.3, -0.25) is 0 Å². The van der Waals surface area contributed by atoms with Crippen molar-refractivity contribution in [2.45, 2.75) is 32.5 Å². The molecule has 98 valence electrons. The molecule has 18 heavy (non-hydrogen) atoms. The molecule has 3 nitrogen and oxygen atoms in total. The molecule has 1 aromatic rings. The van der Waals surface area contributed by atoms with E-state index >= 15 is 0 Å². The first kappa shape index (κ1) is 14.4. The van der Waals surface area contributed by atoms with Crippen molar-refractivity contribution in [1.82, 2.24) is 0 Å². The van der Waals surface area contributed by atoms with Gasteiger partial charge in [0.1, 0.15) is 11.9 Å². The summed E-state index contributed by atoms with van der Waals surface area (Å²) in [5.74, 6) is -1.14. The molecule has 0 saturated carbocycles. The topological polar surface area (TPSA) is 46.5 Å². The number of carbonyl (C=O) groups is 1. The molecular weight excluding hydrogens is 235 g/mol. The average molecular weight is 252 g/mol. The SMILES string of the molecule is C=C(C(=O)OC(C)CC)C(O)c1cccc(F)c1. The summed E-state index contributed by atoms with van der Waals surface area (Å²) in [4.78, 5) is 11.6. The van der Waals surface area contributed by atoms with E-state index in [0.717, 1.165) is 6.07 Å². The quantitative estimate of drug-likeness (QED) is 0.647. The maximum Gasteiger partial charge on any atom is 0.336 e. The Kier molecular flexibility index (Phi) is 5.04. The largest absolute Gasteiger partial charge is 0.459 e. The normalized spacial score (nSPS) is 13.8. The van der Waals surface area contributed by atoms with Crippen molar-refractivity contribution in [3.63, 3.8) is 0 Å². The maximum absolute atomic E-state index is 13.0. The Bertz CT molecular complexity index is 442. The Morgan fingerprint density at radius 3 is 2.78 bits per heavy atom. The van der Waals surface area contributed by atoms with E-state index in [0.29, 0.717) is 6.42 Å². The third kappa shape index (κ3) is 3.67. The van der Waals surface area contributed by atoms with Crippen LogP contribution in [-0.2, 0) is 9.53 Å². The lowest BCUT2D eigenvalue weighted by molar-refractivity contribution is -0.144. The van der Waals surface area contributed by atoms with E-state index < -0.39 is 17.9 Å². The van der Waals surface area contributed by atoms with E-state index in [1.165, 1.54) is 18.2 Å². The van der Waals surface area contributed by atoms with Gasteiger partial charge in [-0.2, -0.15) is 0 Å². The molecule has 0 fully saturated rings. The summed E-state index contributed by atoms with van der Waals surface area (Å²) in [6, 6.07) is 5.40. The summed E-state index contributed by atoms with van der Waals surface area (Å²) >= 11 is 0. The Balaban J connectivity index is 2.75. The Morgan fingerprint density at radius 1 is 1.56 bits per heavy atom. The summed E-state index contributed by atoms with van der Waals surface area (Å²) in [6.45, 7) is 7.13. The average Bonchev–Trinajstić information content (AvgIpc) is 2.36. The van der Waals surface area contributed by atoms with Gasteiger partial charge >= 0.3 is 5.97 Å². The van der Waals surface area contributed by atoms with Crippen LogP contribution in [0.5, 0.6) is 0 Å². The highest BCUT2D eigenvalue weighted by atomic mass is 19.1.